The number of phenolic OH excluding ortho intramolecular Hbond substituents is 2. The van der Waals surface area contributed by atoms with Gasteiger partial charge in [-0.1, -0.05) is 42.5 Å². The molecule has 4 heteroatoms. The first-order valence-electron chi connectivity index (χ1n) is 8.92. The Morgan fingerprint density at radius 2 is 1.15 bits per heavy atom. The van der Waals surface area contributed by atoms with Crippen LogP contribution >= 0.6 is 0 Å². The van der Waals surface area contributed by atoms with Crippen LogP contribution in [-0.4, -0.2) is 21.3 Å². The predicted molar refractivity (Wildman–Crippen MR) is 104 cm³/mol. The number of aryl methyl sites for hydroxylation is 4. The molecule has 0 aromatic heterocycles. The first-order valence-corrected chi connectivity index (χ1v) is 8.92. The second-order valence-corrected chi connectivity index (χ2v) is 6.65. The van der Waals surface area contributed by atoms with Crippen molar-refractivity contribution in [3.05, 3.63) is 94.5 Å². The molecule has 0 saturated heterocycles. The third-order valence-corrected chi connectivity index (χ3v) is 4.64. The van der Waals surface area contributed by atoms with Crippen molar-refractivity contribution >= 4 is 5.97 Å². The maximum atomic E-state index is 10.9. The summed E-state index contributed by atoms with van der Waals surface area (Å²) in [5.41, 5.74) is 4.87. The summed E-state index contributed by atoms with van der Waals surface area (Å²) in [5, 5.41) is 27.9. The van der Waals surface area contributed by atoms with Crippen molar-refractivity contribution in [2.24, 2.45) is 0 Å². The molecule has 4 nitrogen and oxygen atoms in total. The maximum absolute atomic E-state index is 10.9. The second kappa shape index (κ2) is 8.41. The van der Waals surface area contributed by atoms with Gasteiger partial charge in [0.25, 0.3) is 0 Å². The van der Waals surface area contributed by atoms with E-state index in [0.29, 0.717) is 5.56 Å². The topological polar surface area (TPSA) is 77.8 Å². The molecule has 0 spiro atoms. The van der Waals surface area contributed by atoms with Gasteiger partial charge in [-0.2, -0.15) is 0 Å². The van der Waals surface area contributed by atoms with Crippen LogP contribution in [0.5, 0.6) is 11.5 Å². The van der Waals surface area contributed by atoms with Gasteiger partial charge >= 0.3 is 5.97 Å². The minimum Gasteiger partial charge on any atom is -0.504 e. The number of hydrogen-bond acceptors (Lipinski definition) is 3. The monoisotopic (exact) mass is 362 g/mol. The molecule has 0 amide bonds. The van der Waals surface area contributed by atoms with Crippen LogP contribution < -0.4 is 0 Å². The number of rotatable bonds is 7. The van der Waals surface area contributed by atoms with E-state index in [1.165, 1.54) is 17.2 Å². The Hall–Kier alpha value is -3.27. The Morgan fingerprint density at radius 3 is 1.70 bits per heavy atom. The molecule has 138 valence electrons. The first-order chi connectivity index (χ1) is 13.0. The highest BCUT2D eigenvalue weighted by Crippen LogP contribution is 2.25. The van der Waals surface area contributed by atoms with E-state index in [2.05, 4.69) is 18.2 Å². The zero-order valence-electron chi connectivity index (χ0n) is 14.9. The van der Waals surface area contributed by atoms with E-state index in [-0.39, 0.29) is 11.5 Å². The Labute approximate surface area is 158 Å². The van der Waals surface area contributed by atoms with Gasteiger partial charge in [0.05, 0.1) is 5.56 Å². The van der Waals surface area contributed by atoms with Gasteiger partial charge in [-0.05, 0) is 72.2 Å². The summed E-state index contributed by atoms with van der Waals surface area (Å²) >= 11 is 0. The van der Waals surface area contributed by atoms with E-state index < -0.39 is 5.97 Å². The summed E-state index contributed by atoms with van der Waals surface area (Å²) in [6.07, 6.45) is 3.38. The van der Waals surface area contributed by atoms with Crippen LogP contribution in [0, 0.1) is 0 Å². The van der Waals surface area contributed by atoms with Gasteiger partial charge in [-0.25, -0.2) is 4.79 Å². The van der Waals surface area contributed by atoms with Gasteiger partial charge in [0.15, 0.2) is 11.5 Å². The number of carbonyl (C=O) groups is 1. The molecule has 0 unspecified atom stereocenters. The smallest absolute Gasteiger partial charge is 0.335 e. The highest BCUT2D eigenvalue weighted by atomic mass is 16.4. The van der Waals surface area contributed by atoms with Crippen molar-refractivity contribution in [3.63, 3.8) is 0 Å². The first kappa shape index (κ1) is 18.5. The lowest BCUT2D eigenvalue weighted by Gasteiger charge is -2.07. The molecule has 0 fully saturated rings. The lowest BCUT2D eigenvalue weighted by Crippen LogP contribution is -1.98. The molecule has 3 N–H and O–H groups in total. The van der Waals surface area contributed by atoms with E-state index in [1.807, 2.05) is 24.3 Å². The second-order valence-electron chi connectivity index (χ2n) is 6.65. The third kappa shape index (κ3) is 5.11. The van der Waals surface area contributed by atoms with Gasteiger partial charge in [0, 0.05) is 0 Å². The fourth-order valence-corrected chi connectivity index (χ4v) is 3.06. The van der Waals surface area contributed by atoms with E-state index in [0.717, 1.165) is 36.8 Å². The standard InChI is InChI=1S/C23H22O4/c24-21-13-10-19(15-22(21)25)7-6-18-3-1-2-17(14-18)5-4-16-8-11-20(12-9-16)23(26)27/h1-3,8-15,24-25H,4-7H2,(H,26,27). The normalized spacial score (nSPS) is 10.7. The fourth-order valence-electron chi connectivity index (χ4n) is 3.06. The van der Waals surface area contributed by atoms with Crippen LogP contribution in [-0.2, 0) is 25.7 Å². The molecule has 0 aliphatic rings. The summed E-state index contributed by atoms with van der Waals surface area (Å²) in [6, 6.07) is 20.4. The van der Waals surface area contributed by atoms with Crippen molar-refractivity contribution in [1.29, 1.82) is 0 Å². The molecular weight excluding hydrogens is 340 g/mol. The van der Waals surface area contributed by atoms with E-state index >= 15 is 0 Å². The largest absolute Gasteiger partial charge is 0.504 e. The lowest BCUT2D eigenvalue weighted by molar-refractivity contribution is 0.0697. The SMILES string of the molecule is O=C(O)c1ccc(CCc2cccc(CCc3ccc(O)c(O)c3)c2)cc1. The van der Waals surface area contributed by atoms with Gasteiger partial charge in [0.2, 0.25) is 0 Å². The zero-order chi connectivity index (χ0) is 19.2. The van der Waals surface area contributed by atoms with Crippen molar-refractivity contribution in [3.8, 4) is 11.5 Å². The van der Waals surface area contributed by atoms with Gasteiger partial charge < -0.3 is 15.3 Å². The quantitative estimate of drug-likeness (QED) is 0.546. The number of aromatic carboxylic acids is 1. The molecule has 0 bridgehead atoms. The van der Waals surface area contributed by atoms with Gasteiger partial charge in [-0.3, -0.25) is 0 Å². The Kier molecular flexibility index (Phi) is 5.77. The molecular formula is C23H22O4. The van der Waals surface area contributed by atoms with Crippen LogP contribution in [0.15, 0.2) is 66.7 Å². The van der Waals surface area contributed by atoms with Crippen molar-refractivity contribution < 1.29 is 20.1 Å². The molecule has 0 radical (unpaired) electrons. The number of carboxylic acid groups (broad SMARTS) is 1. The molecule has 0 atom stereocenters. The number of phenols is 2. The molecule has 0 saturated carbocycles. The molecule has 27 heavy (non-hydrogen) atoms. The minimum absolute atomic E-state index is 0.0878. The van der Waals surface area contributed by atoms with Crippen LogP contribution in [0.1, 0.15) is 32.6 Å². The summed E-state index contributed by atoms with van der Waals surface area (Å²) in [7, 11) is 0. The average molecular weight is 362 g/mol. The predicted octanol–water partition coefficient (Wildman–Crippen LogP) is 4.37. The molecule has 0 aliphatic heterocycles. The average Bonchev–Trinajstić information content (AvgIpc) is 2.68. The maximum Gasteiger partial charge on any atom is 0.335 e. The van der Waals surface area contributed by atoms with E-state index in [9.17, 15) is 15.0 Å². The molecule has 0 heterocycles. The van der Waals surface area contributed by atoms with E-state index in [1.54, 1.807) is 18.2 Å². The number of aromatic hydroxyl groups is 2. The molecule has 0 aliphatic carbocycles. The summed E-state index contributed by atoms with van der Waals surface area (Å²) in [4.78, 5) is 10.9. The van der Waals surface area contributed by atoms with Crippen LogP contribution in [0.2, 0.25) is 0 Å². The molecule has 3 aromatic rings. The fraction of sp³-hybridized carbons (Fsp3) is 0.174. The van der Waals surface area contributed by atoms with E-state index in [4.69, 9.17) is 5.11 Å². The van der Waals surface area contributed by atoms with Gasteiger partial charge in [-0.15, -0.1) is 0 Å². The van der Waals surface area contributed by atoms with Crippen LogP contribution in [0.4, 0.5) is 0 Å². The zero-order valence-corrected chi connectivity index (χ0v) is 14.9. The van der Waals surface area contributed by atoms with Crippen LogP contribution in [0.3, 0.4) is 0 Å². The van der Waals surface area contributed by atoms with Crippen LogP contribution in [0.25, 0.3) is 0 Å². The van der Waals surface area contributed by atoms with Gasteiger partial charge in [0.1, 0.15) is 0 Å². The number of hydrogen-bond donors (Lipinski definition) is 3. The minimum atomic E-state index is -0.906. The Morgan fingerprint density at radius 1 is 0.630 bits per heavy atom. The number of benzene rings is 3. The molecule has 3 aromatic carbocycles. The van der Waals surface area contributed by atoms with Crippen molar-refractivity contribution in [2.75, 3.05) is 0 Å². The Bertz CT molecular complexity index is 929. The summed E-state index contributed by atoms with van der Waals surface area (Å²) < 4.78 is 0. The highest BCUT2D eigenvalue weighted by Gasteiger charge is 2.04. The third-order valence-electron chi connectivity index (χ3n) is 4.64. The Balaban J connectivity index is 1.58. The lowest BCUT2D eigenvalue weighted by atomic mass is 9.99. The highest BCUT2D eigenvalue weighted by molar-refractivity contribution is 5.87. The molecule has 3 rings (SSSR count). The van der Waals surface area contributed by atoms with Crippen molar-refractivity contribution in [1.82, 2.24) is 0 Å². The summed E-state index contributed by atoms with van der Waals surface area (Å²) in [5.74, 6) is -1.09. The summed E-state index contributed by atoms with van der Waals surface area (Å²) in [6.45, 7) is 0. The van der Waals surface area contributed by atoms with Crippen molar-refractivity contribution in [2.45, 2.75) is 25.7 Å². The number of carboxylic acids is 1.